The smallest absolute Gasteiger partial charge is 0.306 e. The molecule has 9 heteroatoms. The molecule has 0 radical (unpaired) electrons. The van der Waals surface area contributed by atoms with Gasteiger partial charge in [-0.15, -0.1) is 0 Å². The zero-order valence-corrected chi connectivity index (χ0v) is 38.3. The molecule has 8 nitrogen and oxygen atoms in total. The van der Waals surface area contributed by atoms with Crippen LogP contribution in [0.5, 0.6) is 0 Å². The van der Waals surface area contributed by atoms with Crippen LogP contribution in [-0.2, 0) is 27.9 Å². The maximum atomic E-state index is 12.7. The Morgan fingerprint density at radius 3 is 1.20 bits per heavy atom. The molecule has 0 aliphatic carbocycles. The summed E-state index contributed by atoms with van der Waals surface area (Å²) in [5.74, 6) is -0.327. The van der Waals surface area contributed by atoms with Crippen molar-refractivity contribution in [2.24, 2.45) is 0 Å². The third-order valence-electron chi connectivity index (χ3n) is 10.7. The number of hydrogen-bond donors (Lipinski definition) is 0. The molecular formula is C46H94NO7P. The van der Waals surface area contributed by atoms with Crippen molar-refractivity contribution in [2.75, 3.05) is 54.1 Å². The van der Waals surface area contributed by atoms with E-state index in [4.69, 9.17) is 18.5 Å². The number of hydrogen-bond acceptors (Lipinski definition) is 7. The summed E-state index contributed by atoms with van der Waals surface area (Å²) >= 11 is 0. The SMILES string of the molecule is CCCCCCCCCCCCCCCCCCCCCCC(=O)OC(COCCCCCCCCCCCCCCC)COP(=O)([O-])OCC[N+](C)(C)C. The van der Waals surface area contributed by atoms with E-state index in [1.165, 1.54) is 180 Å². The van der Waals surface area contributed by atoms with Gasteiger partial charge in [-0.2, -0.15) is 0 Å². The highest BCUT2D eigenvalue weighted by Gasteiger charge is 2.20. The number of unbranched alkanes of at least 4 members (excludes halogenated alkanes) is 31. The van der Waals surface area contributed by atoms with Gasteiger partial charge in [0.25, 0.3) is 7.82 Å². The normalized spacial score (nSPS) is 13.6. The van der Waals surface area contributed by atoms with E-state index in [0.717, 1.165) is 32.1 Å². The van der Waals surface area contributed by atoms with Crippen molar-refractivity contribution in [1.29, 1.82) is 0 Å². The Labute approximate surface area is 342 Å². The molecule has 0 amide bonds. The number of ether oxygens (including phenoxy) is 2. The number of phosphoric ester groups is 1. The molecular weight excluding hydrogens is 709 g/mol. The fraction of sp³-hybridized carbons (Fsp3) is 0.978. The minimum Gasteiger partial charge on any atom is -0.756 e. The Balaban J connectivity index is 4.10. The quantitative estimate of drug-likeness (QED) is 0.0262. The minimum atomic E-state index is -4.52. The summed E-state index contributed by atoms with van der Waals surface area (Å²) in [6.07, 6.45) is 42.6. The highest BCUT2D eigenvalue weighted by atomic mass is 31.2. The highest BCUT2D eigenvalue weighted by molar-refractivity contribution is 7.45. The second kappa shape index (κ2) is 40.3. The van der Waals surface area contributed by atoms with Gasteiger partial charge in [-0.1, -0.05) is 213 Å². The lowest BCUT2D eigenvalue weighted by Crippen LogP contribution is -2.37. The number of phosphoric acid groups is 1. The van der Waals surface area contributed by atoms with Crippen molar-refractivity contribution < 1.29 is 37.3 Å². The van der Waals surface area contributed by atoms with Gasteiger partial charge in [-0.05, 0) is 12.8 Å². The van der Waals surface area contributed by atoms with Crippen molar-refractivity contribution in [3.05, 3.63) is 0 Å². The van der Waals surface area contributed by atoms with Crippen molar-refractivity contribution >= 4 is 13.8 Å². The number of likely N-dealkylation sites (N-methyl/N-ethyl adjacent to an activating group) is 1. The Morgan fingerprint density at radius 1 is 0.491 bits per heavy atom. The molecule has 0 fully saturated rings. The molecule has 0 aromatic heterocycles. The number of esters is 1. The van der Waals surface area contributed by atoms with Crippen molar-refractivity contribution in [3.63, 3.8) is 0 Å². The molecule has 0 N–H and O–H groups in total. The van der Waals surface area contributed by atoms with Gasteiger partial charge in [-0.25, -0.2) is 0 Å². The third-order valence-corrected chi connectivity index (χ3v) is 11.6. The van der Waals surface area contributed by atoms with Crippen LogP contribution in [0.4, 0.5) is 0 Å². The zero-order valence-electron chi connectivity index (χ0n) is 37.4. The van der Waals surface area contributed by atoms with E-state index in [9.17, 15) is 14.3 Å². The lowest BCUT2D eigenvalue weighted by atomic mass is 10.0. The van der Waals surface area contributed by atoms with Crippen LogP contribution in [0.3, 0.4) is 0 Å². The van der Waals surface area contributed by atoms with Gasteiger partial charge >= 0.3 is 5.97 Å². The first-order valence-corrected chi connectivity index (χ1v) is 25.2. The van der Waals surface area contributed by atoms with Crippen LogP contribution in [-0.4, -0.2) is 70.7 Å². The molecule has 0 rings (SSSR count). The van der Waals surface area contributed by atoms with Gasteiger partial charge in [0.15, 0.2) is 0 Å². The van der Waals surface area contributed by atoms with E-state index in [1.54, 1.807) is 0 Å². The van der Waals surface area contributed by atoms with Gasteiger partial charge in [0, 0.05) is 13.0 Å². The number of quaternary nitrogens is 1. The largest absolute Gasteiger partial charge is 0.756 e. The average molecular weight is 804 g/mol. The molecule has 2 atom stereocenters. The summed E-state index contributed by atoms with van der Waals surface area (Å²) in [7, 11) is 1.38. The molecule has 0 aliphatic rings. The number of nitrogens with zero attached hydrogens (tertiary/aromatic N) is 1. The van der Waals surface area contributed by atoms with E-state index < -0.39 is 13.9 Å². The topological polar surface area (TPSA) is 94.1 Å². The van der Waals surface area contributed by atoms with Gasteiger partial charge in [0.2, 0.25) is 0 Å². The molecule has 55 heavy (non-hydrogen) atoms. The Bertz CT molecular complexity index is 853. The molecule has 330 valence electrons. The second-order valence-electron chi connectivity index (χ2n) is 17.5. The lowest BCUT2D eigenvalue weighted by molar-refractivity contribution is -0.870. The van der Waals surface area contributed by atoms with Crippen LogP contribution in [0.15, 0.2) is 0 Å². The van der Waals surface area contributed by atoms with Crippen LogP contribution in [0, 0.1) is 0 Å². The second-order valence-corrected chi connectivity index (χ2v) is 18.9. The molecule has 0 saturated heterocycles. The molecule has 0 aliphatic heterocycles. The summed E-state index contributed by atoms with van der Waals surface area (Å²) in [5, 5.41) is 0. The van der Waals surface area contributed by atoms with Crippen molar-refractivity contribution in [1.82, 2.24) is 0 Å². The summed E-state index contributed by atoms with van der Waals surface area (Å²) in [5.41, 5.74) is 0. The first kappa shape index (κ1) is 54.5. The van der Waals surface area contributed by atoms with Gasteiger partial charge in [0.1, 0.15) is 19.3 Å². The van der Waals surface area contributed by atoms with Crippen molar-refractivity contribution in [3.8, 4) is 0 Å². The molecule has 0 spiro atoms. The summed E-state index contributed by atoms with van der Waals surface area (Å²) in [6.45, 7) is 5.48. The Kier molecular flexibility index (Phi) is 39.9. The van der Waals surface area contributed by atoms with Crippen LogP contribution in [0.2, 0.25) is 0 Å². The summed E-state index contributed by atoms with van der Waals surface area (Å²) in [6, 6.07) is 0. The third kappa shape index (κ3) is 44.4. The summed E-state index contributed by atoms with van der Waals surface area (Å²) < 4.78 is 34.6. The molecule has 0 bridgehead atoms. The molecule has 2 unspecified atom stereocenters. The van der Waals surface area contributed by atoms with Gasteiger partial charge in [0.05, 0.1) is 34.4 Å². The standard InChI is InChI=1S/C46H94NO7P/c1-6-8-10-12-14-16-18-20-21-22-23-24-25-26-27-29-31-33-35-37-39-46(48)54-45(44-53-55(49,50)52-42-40-47(3,4)5)43-51-41-38-36-34-32-30-28-19-17-15-13-11-9-7-2/h45H,6-44H2,1-5H3. The van der Waals surface area contributed by atoms with Crippen LogP contribution in [0.1, 0.15) is 232 Å². The van der Waals surface area contributed by atoms with Crippen molar-refractivity contribution in [2.45, 2.75) is 238 Å². The van der Waals surface area contributed by atoms with Gasteiger partial charge in [-0.3, -0.25) is 9.36 Å². The van der Waals surface area contributed by atoms with E-state index in [2.05, 4.69) is 13.8 Å². The van der Waals surface area contributed by atoms with Crippen LogP contribution in [0.25, 0.3) is 0 Å². The van der Waals surface area contributed by atoms with E-state index in [-0.39, 0.29) is 25.8 Å². The van der Waals surface area contributed by atoms with Crippen LogP contribution < -0.4 is 4.89 Å². The first-order chi connectivity index (χ1) is 26.6. The Morgan fingerprint density at radius 2 is 0.836 bits per heavy atom. The number of carbonyl (C=O) groups excluding carboxylic acids is 1. The van der Waals surface area contributed by atoms with Crippen LogP contribution >= 0.6 is 7.82 Å². The molecule has 0 aromatic rings. The van der Waals surface area contributed by atoms with E-state index >= 15 is 0 Å². The number of carbonyl (C=O) groups is 1. The Hall–Kier alpha value is -0.500. The molecule has 0 aromatic carbocycles. The monoisotopic (exact) mass is 804 g/mol. The molecule has 0 saturated carbocycles. The number of rotatable bonds is 45. The lowest BCUT2D eigenvalue weighted by Gasteiger charge is -2.28. The maximum absolute atomic E-state index is 12.7. The highest BCUT2D eigenvalue weighted by Crippen LogP contribution is 2.38. The predicted molar refractivity (Wildman–Crippen MR) is 231 cm³/mol. The van der Waals surface area contributed by atoms with E-state index in [0.29, 0.717) is 24.1 Å². The van der Waals surface area contributed by atoms with E-state index in [1.807, 2.05) is 21.1 Å². The average Bonchev–Trinajstić information content (AvgIpc) is 3.13. The fourth-order valence-corrected chi connectivity index (χ4v) is 7.69. The fourth-order valence-electron chi connectivity index (χ4n) is 6.96. The molecule has 0 heterocycles. The maximum Gasteiger partial charge on any atom is 0.306 e. The zero-order chi connectivity index (χ0) is 40.6. The summed E-state index contributed by atoms with van der Waals surface area (Å²) in [4.78, 5) is 25.1. The first-order valence-electron chi connectivity index (χ1n) is 23.8. The minimum absolute atomic E-state index is 0.0315. The predicted octanol–water partition coefficient (Wildman–Crippen LogP) is 13.4. The van der Waals surface area contributed by atoms with Gasteiger partial charge < -0.3 is 27.9 Å².